The van der Waals surface area contributed by atoms with E-state index in [4.69, 9.17) is 0 Å². The van der Waals surface area contributed by atoms with Crippen LogP contribution in [0.1, 0.15) is 11.1 Å². The van der Waals surface area contributed by atoms with Crippen molar-refractivity contribution in [3.05, 3.63) is 78.0 Å². The Bertz CT molecular complexity index is 820. The van der Waals surface area contributed by atoms with Crippen molar-refractivity contribution in [3.8, 4) is 11.3 Å². The number of rotatable bonds is 1. The van der Waals surface area contributed by atoms with Gasteiger partial charge < -0.3 is 5.32 Å². The van der Waals surface area contributed by atoms with Crippen LogP contribution in [0.3, 0.4) is 0 Å². The van der Waals surface area contributed by atoms with Gasteiger partial charge in [-0.05, 0) is 35.4 Å². The Balaban J connectivity index is 1.82. The fraction of sp³-hybridized carbons (Fsp3) is 0. The minimum atomic E-state index is 0.989. The van der Waals surface area contributed by atoms with Gasteiger partial charge in [0, 0.05) is 23.1 Å². The van der Waals surface area contributed by atoms with E-state index >= 15 is 0 Å². The van der Waals surface area contributed by atoms with E-state index < -0.39 is 0 Å². The van der Waals surface area contributed by atoms with Crippen LogP contribution >= 0.6 is 0 Å². The lowest BCUT2D eigenvalue weighted by Gasteiger charge is -2.11. The van der Waals surface area contributed by atoms with Crippen molar-refractivity contribution < 1.29 is 0 Å². The second-order valence-corrected chi connectivity index (χ2v) is 5.06. The van der Waals surface area contributed by atoms with E-state index in [2.05, 4.69) is 58.9 Å². The summed E-state index contributed by atoms with van der Waals surface area (Å²) in [6.07, 6.45) is 6.12. The second-order valence-electron chi connectivity index (χ2n) is 5.06. The first-order valence-corrected chi connectivity index (χ1v) is 7.00. The van der Waals surface area contributed by atoms with Gasteiger partial charge in [-0.2, -0.15) is 0 Å². The highest BCUT2D eigenvalue weighted by molar-refractivity contribution is 5.89. The minimum absolute atomic E-state index is 0.989. The van der Waals surface area contributed by atoms with Crippen molar-refractivity contribution in [3.63, 3.8) is 0 Å². The summed E-state index contributed by atoms with van der Waals surface area (Å²) in [5.74, 6) is 0. The van der Waals surface area contributed by atoms with Crippen molar-refractivity contribution in [1.29, 1.82) is 0 Å². The second kappa shape index (κ2) is 4.91. The molecule has 0 aliphatic carbocycles. The van der Waals surface area contributed by atoms with Crippen molar-refractivity contribution in [1.82, 2.24) is 4.98 Å². The third-order valence-electron chi connectivity index (χ3n) is 3.69. The van der Waals surface area contributed by atoms with E-state index in [1.807, 2.05) is 30.5 Å². The largest absolute Gasteiger partial charge is 0.355 e. The molecule has 0 radical (unpaired) electrons. The van der Waals surface area contributed by atoms with Crippen molar-refractivity contribution >= 4 is 23.5 Å². The Kier molecular flexibility index (Phi) is 2.79. The maximum Gasteiger partial charge on any atom is 0.0702 e. The monoisotopic (exact) mass is 270 g/mol. The Hall–Kier alpha value is -2.87. The quantitative estimate of drug-likeness (QED) is 0.528. The first-order valence-electron chi connectivity index (χ1n) is 7.00. The number of anilines is 2. The van der Waals surface area contributed by atoms with Crippen molar-refractivity contribution in [2.45, 2.75) is 0 Å². The van der Waals surface area contributed by atoms with Crippen LogP contribution in [-0.4, -0.2) is 4.98 Å². The van der Waals surface area contributed by atoms with Gasteiger partial charge in [-0.3, -0.25) is 4.98 Å². The SMILES string of the molecule is C1=Cc2ccc(-c3ccccn3)cc2Nc2ccccc21. The maximum absolute atomic E-state index is 4.42. The molecule has 2 aromatic carbocycles. The molecule has 0 unspecified atom stereocenters. The Labute approximate surface area is 123 Å². The van der Waals surface area contributed by atoms with Crippen LogP contribution in [0.25, 0.3) is 23.4 Å². The van der Waals surface area contributed by atoms with E-state index in [1.54, 1.807) is 0 Å². The Morgan fingerprint density at radius 2 is 1.52 bits per heavy atom. The standard InChI is InChI=1S/C19H14N2/c1-2-7-18-14(5-1)8-9-15-10-11-16(13-19(15)21-18)17-6-3-4-12-20-17/h1-13,21H. The first-order chi connectivity index (χ1) is 10.4. The summed E-state index contributed by atoms with van der Waals surface area (Å²) in [5.41, 5.74) is 6.74. The van der Waals surface area contributed by atoms with Crippen LogP contribution in [0.5, 0.6) is 0 Å². The molecule has 1 aromatic heterocycles. The van der Waals surface area contributed by atoms with Gasteiger partial charge in [0.05, 0.1) is 5.69 Å². The molecule has 0 bridgehead atoms. The van der Waals surface area contributed by atoms with E-state index in [9.17, 15) is 0 Å². The lowest BCUT2D eigenvalue weighted by atomic mass is 10.1. The third kappa shape index (κ3) is 2.21. The summed E-state index contributed by atoms with van der Waals surface area (Å²) >= 11 is 0. The minimum Gasteiger partial charge on any atom is -0.355 e. The molecule has 1 aliphatic heterocycles. The van der Waals surface area contributed by atoms with E-state index in [-0.39, 0.29) is 0 Å². The molecule has 2 heterocycles. The van der Waals surface area contributed by atoms with Gasteiger partial charge in [-0.25, -0.2) is 0 Å². The number of para-hydroxylation sites is 1. The van der Waals surface area contributed by atoms with Crippen LogP contribution in [-0.2, 0) is 0 Å². The average Bonchev–Trinajstić information content (AvgIpc) is 2.74. The molecular weight excluding hydrogens is 256 g/mol. The van der Waals surface area contributed by atoms with Gasteiger partial charge in [-0.15, -0.1) is 0 Å². The van der Waals surface area contributed by atoms with Crippen LogP contribution in [0.15, 0.2) is 66.9 Å². The van der Waals surface area contributed by atoms with Gasteiger partial charge in [0.2, 0.25) is 0 Å². The van der Waals surface area contributed by atoms with E-state index in [0.717, 1.165) is 22.6 Å². The third-order valence-corrected chi connectivity index (χ3v) is 3.69. The molecule has 100 valence electrons. The summed E-state index contributed by atoms with van der Waals surface area (Å²) in [5, 5.41) is 3.52. The van der Waals surface area contributed by atoms with Crippen molar-refractivity contribution in [2.24, 2.45) is 0 Å². The zero-order valence-corrected chi connectivity index (χ0v) is 11.5. The molecule has 2 heteroatoms. The van der Waals surface area contributed by atoms with E-state index in [1.165, 1.54) is 11.1 Å². The molecule has 0 atom stereocenters. The average molecular weight is 270 g/mol. The lowest BCUT2D eigenvalue weighted by Crippen LogP contribution is -1.94. The van der Waals surface area contributed by atoms with Gasteiger partial charge >= 0.3 is 0 Å². The predicted octanol–water partition coefficient (Wildman–Crippen LogP) is 4.98. The number of aromatic nitrogens is 1. The normalized spacial score (nSPS) is 12.0. The number of hydrogen-bond acceptors (Lipinski definition) is 2. The maximum atomic E-state index is 4.42. The zero-order chi connectivity index (χ0) is 14.1. The molecule has 1 aliphatic rings. The lowest BCUT2D eigenvalue weighted by molar-refractivity contribution is 1.32. The molecule has 0 fully saturated rings. The molecular formula is C19H14N2. The molecule has 2 nitrogen and oxygen atoms in total. The highest BCUT2D eigenvalue weighted by Gasteiger charge is 2.09. The number of benzene rings is 2. The molecule has 0 saturated heterocycles. The number of nitrogens with one attached hydrogen (secondary N) is 1. The summed E-state index contributed by atoms with van der Waals surface area (Å²) in [6.45, 7) is 0. The summed E-state index contributed by atoms with van der Waals surface area (Å²) in [6, 6.07) is 20.7. The molecule has 0 saturated carbocycles. The number of fused-ring (bicyclic) bond motifs is 2. The van der Waals surface area contributed by atoms with Crippen molar-refractivity contribution in [2.75, 3.05) is 5.32 Å². The summed E-state index contributed by atoms with van der Waals surface area (Å²) in [7, 11) is 0. The molecule has 4 rings (SSSR count). The van der Waals surface area contributed by atoms with Crippen LogP contribution in [0, 0.1) is 0 Å². The van der Waals surface area contributed by atoms with Gasteiger partial charge in [0.25, 0.3) is 0 Å². The van der Waals surface area contributed by atoms with Gasteiger partial charge in [0.1, 0.15) is 0 Å². The first kappa shape index (κ1) is 11.9. The number of nitrogens with zero attached hydrogens (tertiary/aromatic N) is 1. The molecule has 3 aromatic rings. The highest BCUT2D eigenvalue weighted by atomic mass is 14.9. The number of pyridine rings is 1. The Morgan fingerprint density at radius 1 is 0.714 bits per heavy atom. The van der Waals surface area contributed by atoms with Gasteiger partial charge in [0.15, 0.2) is 0 Å². The highest BCUT2D eigenvalue weighted by Crippen LogP contribution is 2.32. The van der Waals surface area contributed by atoms with Crippen LogP contribution in [0.4, 0.5) is 11.4 Å². The topological polar surface area (TPSA) is 24.9 Å². The zero-order valence-electron chi connectivity index (χ0n) is 11.5. The van der Waals surface area contributed by atoms with E-state index in [0.29, 0.717) is 0 Å². The number of hydrogen-bond donors (Lipinski definition) is 1. The Morgan fingerprint density at radius 3 is 2.38 bits per heavy atom. The smallest absolute Gasteiger partial charge is 0.0702 e. The predicted molar refractivity (Wildman–Crippen MR) is 88.3 cm³/mol. The van der Waals surface area contributed by atoms with Gasteiger partial charge in [-0.1, -0.05) is 48.6 Å². The van der Waals surface area contributed by atoms with Crippen LogP contribution in [0.2, 0.25) is 0 Å². The molecule has 1 N–H and O–H groups in total. The molecule has 21 heavy (non-hydrogen) atoms. The van der Waals surface area contributed by atoms with Crippen LogP contribution < -0.4 is 5.32 Å². The molecule has 0 spiro atoms. The summed E-state index contributed by atoms with van der Waals surface area (Å²) in [4.78, 5) is 4.42. The fourth-order valence-corrected chi connectivity index (χ4v) is 2.58. The molecule has 0 amide bonds. The summed E-state index contributed by atoms with van der Waals surface area (Å²) < 4.78 is 0. The fourth-order valence-electron chi connectivity index (χ4n) is 2.58.